The molecule has 0 bridgehead atoms. The maximum Gasteiger partial charge on any atom is 0.266 e. The first-order valence-corrected chi connectivity index (χ1v) is 8.91. The van der Waals surface area contributed by atoms with E-state index < -0.39 is 5.91 Å². The first kappa shape index (κ1) is 17.8. The van der Waals surface area contributed by atoms with Crippen LogP contribution in [0.25, 0.3) is 6.08 Å². The van der Waals surface area contributed by atoms with Gasteiger partial charge in [0.1, 0.15) is 17.4 Å². The molecule has 5 nitrogen and oxygen atoms in total. The third kappa shape index (κ3) is 4.34. The van der Waals surface area contributed by atoms with E-state index in [1.165, 1.54) is 12.5 Å². The predicted molar refractivity (Wildman–Crippen MR) is 103 cm³/mol. The maximum absolute atomic E-state index is 12.4. The SMILES string of the molecule is Cc1cc(C)cc(NC(=O)/C(C#N)=C\c2ccc(N3CCCCC3)o2)c1. The van der Waals surface area contributed by atoms with Crippen LogP contribution in [0.2, 0.25) is 0 Å². The quantitative estimate of drug-likeness (QED) is 0.655. The molecule has 0 aliphatic carbocycles. The molecule has 1 amide bonds. The van der Waals surface area contributed by atoms with E-state index in [1.54, 1.807) is 6.07 Å². The molecule has 134 valence electrons. The Bertz CT molecular complexity index is 847. The highest BCUT2D eigenvalue weighted by Crippen LogP contribution is 2.24. The Morgan fingerprint density at radius 1 is 1.15 bits per heavy atom. The number of furan rings is 1. The zero-order valence-electron chi connectivity index (χ0n) is 15.2. The van der Waals surface area contributed by atoms with Gasteiger partial charge in [0.05, 0.1) is 0 Å². The topological polar surface area (TPSA) is 69.3 Å². The van der Waals surface area contributed by atoms with E-state index in [0.29, 0.717) is 11.4 Å². The molecule has 1 saturated heterocycles. The minimum absolute atomic E-state index is 0.0173. The molecule has 3 rings (SSSR count). The molecule has 2 heterocycles. The molecule has 1 N–H and O–H groups in total. The third-order valence-corrected chi connectivity index (χ3v) is 4.41. The van der Waals surface area contributed by atoms with Gasteiger partial charge in [-0.15, -0.1) is 0 Å². The number of nitrogens with one attached hydrogen (secondary N) is 1. The molecular weight excluding hydrogens is 326 g/mol. The fourth-order valence-electron chi connectivity index (χ4n) is 3.24. The van der Waals surface area contributed by atoms with Crippen molar-refractivity contribution in [2.75, 3.05) is 23.3 Å². The number of rotatable bonds is 4. The molecule has 5 heteroatoms. The molecule has 0 spiro atoms. The molecule has 0 unspecified atom stereocenters. The molecule has 1 aromatic heterocycles. The van der Waals surface area contributed by atoms with Crippen molar-refractivity contribution < 1.29 is 9.21 Å². The van der Waals surface area contributed by atoms with Gasteiger partial charge in [-0.05, 0) is 62.4 Å². The second-order valence-electron chi connectivity index (χ2n) is 6.72. The highest BCUT2D eigenvalue weighted by molar-refractivity contribution is 6.09. The van der Waals surface area contributed by atoms with E-state index in [2.05, 4.69) is 10.2 Å². The zero-order valence-corrected chi connectivity index (χ0v) is 15.2. The van der Waals surface area contributed by atoms with Crippen LogP contribution >= 0.6 is 0 Å². The summed E-state index contributed by atoms with van der Waals surface area (Å²) < 4.78 is 5.81. The van der Waals surface area contributed by atoms with Crippen LogP contribution in [0, 0.1) is 25.2 Å². The van der Waals surface area contributed by atoms with Crippen molar-refractivity contribution in [1.82, 2.24) is 0 Å². The summed E-state index contributed by atoms with van der Waals surface area (Å²) in [5.74, 6) is 0.870. The van der Waals surface area contributed by atoms with Gasteiger partial charge in [0, 0.05) is 30.9 Å². The molecule has 1 fully saturated rings. The van der Waals surface area contributed by atoms with E-state index in [-0.39, 0.29) is 5.57 Å². The number of anilines is 2. The summed E-state index contributed by atoms with van der Waals surface area (Å²) in [7, 11) is 0. The molecule has 1 aromatic carbocycles. The van der Waals surface area contributed by atoms with Crippen LogP contribution in [0.5, 0.6) is 0 Å². The Balaban J connectivity index is 1.74. The van der Waals surface area contributed by atoms with Crippen molar-refractivity contribution in [3.63, 3.8) is 0 Å². The Labute approximate surface area is 153 Å². The first-order valence-electron chi connectivity index (χ1n) is 8.91. The van der Waals surface area contributed by atoms with E-state index >= 15 is 0 Å². The molecule has 0 saturated carbocycles. The number of hydrogen-bond acceptors (Lipinski definition) is 4. The summed E-state index contributed by atoms with van der Waals surface area (Å²) >= 11 is 0. The monoisotopic (exact) mass is 349 g/mol. The smallest absolute Gasteiger partial charge is 0.266 e. The fraction of sp³-hybridized carbons (Fsp3) is 0.333. The van der Waals surface area contributed by atoms with Gasteiger partial charge >= 0.3 is 0 Å². The van der Waals surface area contributed by atoms with Crippen LogP contribution in [-0.2, 0) is 4.79 Å². The van der Waals surface area contributed by atoms with Crippen molar-refractivity contribution in [3.8, 4) is 6.07 Å². The van der Waals surface area contributed by atoms with Gasteiger partial charge < -0.3 is 14.6 Å². The summed E-state index contributed by atoms with van der Waals surface area (Å²) in [5.41, 5.74) is 2.81. The number of aryl methyl sites for hydroxylation is 2. The molecule has 2 aromatic rings. The van der Waals surface area contributed by atoms with E-state index in [9.17, 15) is 10.1 Å². The van der Waals surface area contributed by atoms with Crippen molar-refractivity contribution in [3.05, 3.63) is 52.8 Å². The first-order chi connectivity index (χ1) is 12.5. The Hall–Kier alpha value is -3.00. The van der Waals surface area contributed by atoms with Gasteiger partial charge in [0.2, 0.25) is 0 Å². The standard InChI is InChI=1S/C21H23N3O2/c1-15-10-16(2)12-18(11-15)23-21(25)17(14-22)13-19-6-7-20(26-19)24-8-4-3-5-9-24/h6-7,10-13H,3-5,8-9H2,1-2H3,(H,23,25)/b17-13-. The van der Waals surface area contributed by atoms with E-state index in [1.807, 2.05) is 44.2 Å². The normalized spacial score (nSPS) is 14.8. The van der Waals surface area contributed by atoms with Gasteiger partial charge in [0.15, 0.2) is 5.88 Å². The van der Waals surface area contributed by atoms with Gasteiger partial charge in [-0.2, -0.15) is 5.26 Å². The highest BCUT2D eigenvalue weighted by Gasteiger charge is 2.15. The van der Waals surface area contributed by atoms with Gasteiger partial charge in [-0.1, -0.05) is 6.07 Å². The Kier molecular flexibility index (Phi) is 5.43. The Morgan fingerprint density at radius 3 is 2.50 bits per heavy atom. The summed E-state index contributed by atoms with van der Waals surface area (Å²) in [5, 5.41) is 12.2. The number of hydrogen-bond donors (Lipinski definition) is 1. The number of carbonyl (C=O) groups excluding carboxylic acids is 1. The number of amides is 1. The summed E-state index contributed by atoms with van der Waals surface area (Å²) in [6, 6.07) is 11.4. The van der Waals surface area contributed by atoms with Gasteiger partial charge in [-0.25, -0.2) is 0 Å². The van der Waals surface area contributed by atoms with E-state index in [4.69, 9.17) is 4.42 Å². The molecule has 1 aliphatic rings. The fourth-order valence-corrected chi connectivity index (χ4v) is 3.24. The number of nitrogens with zero attached hydrogens (tertiary/aromatic N) is 2. The maximum atomic E-state index is 12.4. The molecule has 0 atom stereocenters. The van der Waals surface area contributed by atoms with Crippen LogP contribution < -0.4 is 10.2 Å². The molecule has 1 aliphatic heterocycles. The lowest BCUT2D eigenvalue weighted by atomic mass is 10.1. The predicted octanol–water partition coefficient (Wildman–Crippen LogP) is 4.43. The van der Waals surface area contributed by atoms with Crippen LogP contribution in [-0.4, -0.2) is 19.0 Å². The molecule has 0 radical (unpaired) electrons. The summed E-state index contributed by atoms with van der Waals surface area (Å²) in [4.78, 5) is 14.6. The van der Waals surface area contributed by atoms with E-state index in [0.717, 1.165) is 42.9 Å². The van der Waals surface area contributed by atoms with Crippen LogP contribution in [0.4, 0.5) is 11.6 Å². The number of piperidine rings is 1. The molecule has 26 heavy (non-hydrogen) atoms. The average Bonchev–Trinajstić information content (AvgIpc) is 3.08. The van der Waals surface area contributed by atoms with Gasteiger partial charge in [0.25, 0.3) is 5.91 Å². The van der Waals surface area contributed by atoms with Crippen LogP contribution in [0.15, 0.2) is 40.3 Å². The third-order valence-electron chi connectivity index (χ3n) is 4.41. The average molecular weight is 349 g/mol. The number of carbonyl (C=O) groups is 1. The van der Waals surface area contributed by atoms with Gasteiger partial charge in [-0.3, -0.25) is 4.79 Å². The second-order valence-corrected chi connectivity index (χ2v) is 6.72. The second kappa shape index (κ2) is 7.92. The minimum atomic E-state index is -0.437. The van der Waals surface area contributed by atoms with Crippen LogP contribution in [0.3, 0.4) is 0 Å². The van der Waals surface area contributed by atoms with Crippen molar-refractivity contribution >= 4 is 23.6 Å². The molecular formula is C21H23N3O2. The van der Waals surface area contributed by atoms with Crippen molar-refractivity contribution in [1.29, 1.82) is 5.26 Å². The van der Waals surface area contributed by atoms with Crippen LogP contribution in [0.1, 0.15) is 36.1 Å². The highest BCUT2D eigenvalue weighted by atomic mass is 16.4. The number of benzene rings is 1. The zero-order chi connectivity index (χ0) is 18.5. The largest absolute Gasteiger partial charge is 0.441 e. The lowest BCUT2D eigenvalue weighted by molar-refractivity contribution is -0.112. The van der Waals surface area contributed by atoms with Crippen molar-refractivity contribution in [2.24, 2.45) is 0 Å². The van der Waals surface area contributed by atoms with Crippen molar-refractivity contribution in [2.45, 2.75) is 33.1 Å². The lowest BCUT2D eigenvalue weighted by Gasteiger charge is -2.25. The Morgan fingerprint density at radius 2 is 1.85 bits per heavy atom. The number of nitriles is 1. The minimum Gasteiger partial charge on any atom is -0.441 e. The lowest BCUT2D eigenvalue weighted by Crippen LogP contribution is -2.28. The summed E-state index contributed by atoms with van der Waals surface area (Å²) in [6.07, 6.45) is 5.06. The summed E-state index contributed by atoms with van der Waals surface area (Å²) in [6.45, 7) is 5.90.